The molecule has 1 N–H and O–H groups in total. The number of rotatable bonds is 9. The van der Waals surface area contributed by atoms with Crippen molar-refractivity contribution < 1.29 is 22.7 Å². The lowest BCUT2D eigenvalue weighted by Gasteiger charge is -2.23. The Morgan fingerprint density at radius 3 is 2.59 bits per heavy atom. The molecule has 1 saturated heterocycles. The number of aromatic nitrogens is 1. The lowest BCUT2D eigenvalue weighted by atomic mass is 10.1. The van der Waals surface area contributed by atoms with Gasteiger partial charge in [-0.1, -0.05) is 35.6 Å². The zero-order chi connectivity index (χ0) is 25.8. The Bertz CT molecular complexity index is 1480. The molecule has 2 heterocycles. The molecule has 1 atom stereocenters. The number of carbonyl (C=O) groups excluding carboxylic acids is 1. The van der Waals surface area contributed by atoms with Gasteiger partial charge in [-0.15, -0.1) is 0 Å². The van der Waals surface area contributed by atoms with Crippen LogP contribution < -0.4 is 14.4 Å². The fourth-order valence-electron chi connectivity index (χ4n) is 4.19. The molecule has 1 amide bonds. The molecule has 0 bridgehead atoms. The van der Waals surface area contributed by atoms with Gasteiger partial charge < -0.3 is 9.47 Å². The van der Waals surface area contributed by atoms with Crippen LogP contribution in [-0.4, -0.2) is 45.2 Å². The first kappa shape index (κ1) is 25.2. The minimum absolute atomic E-state index is 0.0701. The monoisotopic (exact) mass is 537 g/mol. The summed E-state index contributed by atoms with van der Waals surface area (Å²) in [4.78, 5) is 20.3. The van der Waals surface area contributed by atoms with Crippen molar-refractivity contribution >= 4 is 48.3 Å². The van der Waals surface area contributed by atoms with E-state index in [-0.39, 0.29) is 16.9 Å². The second kappa shape index (κ2) is 10.9. The summed E-state index contributed by atoms with van der Waals surface area (Å²) in [5.41, 5.74) is 1.51. The van der Waals surface area contributed by atoms with Gasteiger partial charge in [0.2, 0.25) is 0 Å². The van der Waals surface area contributed by atoms with Crippen molar-refractivity contribution in [2.45, 2.75) is 30.8 Å². The molecular weight excluding hydrogens is 510 g/mol. The Hall–Kier alpha value is -3.47. The molecule has 4 aromatic rings. The number of benzene rings is 3. The second-order valence-corrected chi connectivity index (χ2v) is 11.3. The minimum atomic E-state index is -3.73. The molecular formula is C27H27N3O5S2. The lowest BCUT2D eigenvalue weighted by molar-refractivity contribution is 0.0917. The minimum Gasteiger partial charge on any atom is -0.492 e. The maximum absolute atomic E-state index is 13.7. The molecule has 1 unspecified atom stereocenters. The number of thiazole rings is 1. The van der Waals surface area contributed by atoms with Crippen LogP contribution >= 0.6 is 11.3 Å². The van der Waals surface area contributed by atoms with Crippen LogP contribution in [0.2, 0.25) is 0 Å². The van der Waals surface area contributed by atoms with E-state index in [1.807, 2.05) is 25.1 Å². The zero-order valence-electron chi connectivity index (χ0n) is 20.3. The summed E-state index contributed by atoms with van der Waals surface area (Å²) in [5.74, 6) is 0.451. The van der Waals surface area contributed by atoms with E-state index in [1.165, 1.54) is 23.5 Å². The van der Waals surface area contributed by atoms with Crippen LogP contribution in [0.25, 0.3) is 10.2 Å². The van der Waals surface area contributed by atoms with Crippen molar-refractivity contribution in [3.8, 4) is 5.75 Å². The molecule has 10 heteroatoms. The van der Waals surface area contributed by atoms with E-state index in [4.69, 9.17) is 14.5 Å². The number of hydrogen-bond donors (Lipinski definition) is 1. The van der Waals surface area contributed by atoms with Gasteiger partial charge in [0.1, 0.15) is 11.3 Å². The Balaban J connectivity index is 1.42. The predicted molar refractivity (Wildman–Crippen MR) is 145 cm³/mol. The highest BCUT2D eigenvalue weighted by Crippen LogP contribution is 2.35. The van der Waals surface area contributed by atoms with E-state index >= 15 is 0 Å². The molecule has 1 aliphatic heterocycles. The second-order valence-electron chi connectivity index (χ2n) is 8.58. The normalized spacial score (nSPS) is 15.5. The average Bonchev–Trinajstić information content (AvgIpc) is 3.58. The van der Waals surface area contributed by atoms with E-state index in [9.17, 15) is 13.2 Å². The third-order valence-electron chi connectivity index (χ3n) is 5.99. The van der Waals surface area contributed by atoms with Crippen molar-refractivity contribution in [1.82, 2.24) is 4.98 Å². The number of ether oxygens (including phenoxy) is 2. The molecule has 1 fully saturated rings. The highest BCUT2D eigenvalue weighted by Gasteiger charge is 2.27. The fourth-order valence-corrected chi connectivity index (χ4v) is 6.26. The molecule has 5 rings (SSSR count). The fraction of sp³-hybridized carbons (Fsp3) is 0.259. The molecule has 0 saturated carbocycles. The van der Waals surface area contributed by atoms with Gasteiger partial charge in [-0.2, -0.15) is 0 Å². The number of nitrogens with zero attached hydrogens (tertiary/aromatic N) is 2. The summed E-state index contributed by atoms with van der Waals surface area (Å²) in [6.45, 7) is 3.50. The van der Waals surface area contributed by atoms with Gasteiger partial charge in [0.25, 0.3) is 15.9 Å². The van der Waals surface area contributed by atoms with Gasteiger partial charge in [-0.3, -0.25) is 14.4 Å². The number of amides is 1. The summed E-state index contributed by atoms with van der Waals surface area (Å²) >= 11 is 1.43. The largest absolute Gasteiger partial charge is 0.492 e. The van der Waals surface area contributed by atoms with Crippen molar-refractivity contribution in [2.75, 3.05) is 29.4 Å². The number of fused-ring (bicyclic) bond motifs is 1. The Kier molecular flexibility index (Phi) is 7.40. The van der Waals surface area contributed by atoms with Crippen LogP contribution in [-0.2, 0) is 14.8 Å². The van der Waals surface area contributed by atoms with Gasteiger partial charge in [0, 0.05) is 17.9 Å². The van der Waals surface area contributed by atoms with Crippen molar-refractivity contribution in [3.05, 3.63) is 78.4 Å². The molecule has 0 aliphatic carbocycles. The summed E-state index contributed by atoms with van der Waals surface area (Å²) in [6, 6.07) is 20.3. The third kappa shape index (κ3) is 5.61. The Morgan fingerprint density at radius 2 is 1.89 bits per heavy atom. The molecule has 8 nitrogen and oxygen atoms in total. The van der Waals surface area contributed by atoms with Crippen LogP contribution in [0, 0.1) is 0 Å². The van der Waals surface area contributed by atoms with Gasteiger partial charge in [-0.25, -0.2) is 13.4 Å². The maximum atomic E-state index is 13.7. The van der Waals surface area contributed by atoms with E-state index < -0.39 is 10.0 Å². The topological polar surface area (TPSA) is 97.8 Å². The lowest BCUT2D eigenvalue weighted by Crippen LogP contribution is -2.37. The summed E-state index contributed by atoms with van der Waals surface area (Å²) in [7, 11) is -3.73. The first-order valence-electron chi connectivity index (χ1n) is 12.1. The third-order valence-corrected chi connectivity index (χ3v) is 8.44. The van der Waals surface area contributed by atoms with E-state index in [0.717, 1.165) is 23.1 Å². The summed E-state index contributed by atoms with van der Waals surface area (Å²) in [6.07, 6.45) is 1.76. The summed E-state index contributed by atoms with van der Waals surface area (Å²) < 4.78 is 40.3. The van der Waals surface area contributed by atoms with Gasteiger partial charge >= 0.3 is 0 Å². The van der Waals surface area contributed by atoms with Crippen LogP contribution in [0.3, 0.4) is 0 Å². The van der Waals surface area contributed by atoms with Crippen molar-refractivity contribution in [1.29, 1.82) is 0 Å². The standard InChI is InChI=1S/C27H27N3O5S2/c1-2-34-23-11-6-12-24-25(23)28-27(36-24)30(18-21-8-7-17-35-21)26(31)19-13-15-20(16-14-19)29-37(32,33)22-9-4-3-5-10-22/h3-6,9-16,21,29H,2,7-8,17-18H2,1H3. The number of carbonyl (C=O) groups is 1. The molecule has 37 heavy (non-hydrogen) atoms. The van der Waals surface area contributed by atoms with Gasteiger partial charge in [0.15, 0.2) is 5.13 Å². The number of sulfonamides is 1. The van der Waals surface area contributed by atoms with E-state index in [2.05, 4.69) is 4.72 Å². The zero-order valence-corrected chi connectivity index (χ0v) is 21.9. The average molecular weight is 538 g/mol. The maximum Gasteiger partial charge on any atom is 0.261 e. The van der Waals surface area contributed by atoms with Crippen LogP contribution in [0.15, 0.2) is 77.7 Å². The number of para-hydroxylation sites is 1. The van der Waals surface area contributed by atoms with Gasteiger partial charge in [0.05, 0.1) is 28.9 Å². The number of nitrogens with one attached hydrogen (secondary N) is 1. The molecule has 3 aromatic carbocycles. The Labute approximate surface area is 219 Å². The molecule has 0 spiro atoms. The molecule has 0 radical (unpaired) electrons. The van der Waals surface area contributed by atoms with E-state index in [0.29, 0.717) is 41.9 Å². The van der Waals surface area contributed by atoms with Crippen molar-refractivity contribution in [3.63, 3.8) is 0 Å². The van der Waals surface area contributed by atoms with Crippen molar-refractivity contribution in [2.24, 2.45) is 0 Å². The quantitative estimate of drug-likeness (QED) is 0.310. The van der Waals surface area contributed by atoms with Crippen LogP contribution in [0.5, 0.6) is 5.75 Å². The molecule has 192 valence electrons. The molecule has 1 aliphatic rings. The number of hydrogen-bond acceptors (Lipinski definition) is 7. The van der Waals surface area contributed by atoms with Gasteiger partial charge in [-0.05, 0) is 68.3 Å². The molecule has 1 aromatic heterocycles. The first-order valence-corrected chi connectivity index (χ1v) is 14.4. The Morgan fingerprint density at radius 1 is 1.11 bits per heavy atom. The first-order chi connectivity index (χ1) is 17.9. The number of anilines is 2. The SMILES string of the molecule is CCOc1cccc2sc(N(CC3CCCO3)C(=O)c3ccc(NS(=O)(=O)c4ccccc4)cc3)nc12. The highest BCUT2D eigenvalue weighted by atomic mass is 32.2. The van der Waals surface area contributed by atoms with Crippen LogP contribution in [0.4, 0.5) is 10.8 Å². The van der Waals surface area contributed by atoms with Crippen LogP contribution in [0.1, 0.15) is 30.1 Å². The van der Waals surface area contributed by atoms with E-state index in [1.54, 1.807) is 47.4 Å². The highest BCUT2D eigenvalue weighted by molar-refractivity contribution is 7.92. The summed E-state index contributed by atoms with van der Waals surface area (Å²) in [5, 5.41) is 0.566. The smallest absolute Gasteiger partial charge is 0.261 e. The predicted octanol–water partition coefficient (Wildman–Crippen LogP) is 5.32.